The number of benzene rings is 1. The second-order valence-corrected chi connectivity index (χ2v) is 7.90. The van der Waals surface area contributed by atoms with Gasteiger partial charge in [-0.1, -0.05) is 19.1 Å². The molecular formula is C23H30N8O. The molecule has 32 heavy (non-hydrogen) atoms. The van der Waals surface area contributed by atoms with Crippen LogP contribution < -0.4 is 21.3 Å². The van der Waals surface area contributed by atoms with Gasteiger partial charge in [-0.25, -0.2) is 4.98 Å². The summed E-state index contributed by atoms with van der Waals surface area (Å²) in [6, 6.07) is 11.8. The molecule has 2 heterocycles. The summed E-state index contributed by atoms with van der Waals surface area (Å²) >= 11 is 0. The highest BCUT2D eigenvalue weighted by Gasteiger charge is 2.25. The maximum Gasteiger partial charge on any atom is 0.229 e. The molecule has 4 rings (SSSR count). The van der Waals surface area contributed by atoms with Crippen LogP contribution in [0.5, 0.6) is 0 Å². The van der Waals surface area contributed by atoms with Gasteiger partial charge < -0.3 is 21.3 Å². The number of aryl methyl sites for hydroxylation is 1. The van der Waals surface area contributed by atoms with Crippen LogP contribution in [0, 0.1) is 0 Å². The smallest absolute Gasteiger partial charge is 0.229 e. The lowest BCUT2D eigenvalue weighted by Crippen LogP contribution is -2.31. The van der Waals surface area contributed by atoms with Crippen LogP contribution in [-0.4, -0.2) is 45.7 Å². The summed E-state index contributed by atoms with van der Waals surface area (Å²) in [6.45, 7) is 4.41. The molecule has 0 unspecified atom stereocenters. The second kappa shape index (κ2) is 10.7. The second-order valence-electron chi connectivity index (χ2n) is 7.90. The van der Waals surface area contributed by atoms with Crippen molar-refractivity contribution in [1.82, 2.24) is 30.8 Å². The Kier molecular flexibility index (Phi) is 7.29. The highest BCUT2D eigenvalue weighted by molar-refractivity contribution is 5.76. The first-order chi connectivity index (χ1) is 15.7. The monoisotopic (exact) mass is 434 g/mol. The van der Waals surface area contributed by atoms with Crippen LogP contribution in [0.2, 0.25) is 0 Å². The highest BCUT2D eigenvalue weighted by atomic mass is 16.1. The Morgan fingerprint density at radius 2 is 1.94 bits per heavy atom. The summed E-state index contributed by atoms with van der Waals surface area (Å²) in [6.07, 6.45) is 5.34. The minimum Gasteiger partial charge on any atom is -0.355 e. The largest absolute Gasteiger partial charge is 0.355 e. The maximum absolute atomic E-state index is 11.9. The Morgan fingerprint density at radius 3 is 2.72 bits per heavy atom. The first kappa shape index (κ1) is 21.8. The minimum absolute atomic E-state index is 0.0731. The lowest BCUT2D eigenvalue weighted by atomic mass is 10.1. The number of aromatic nitrogens is 4. The summed E-state index contributed by atoms with van der Waals surface area (Å²) < 4.78 is 0. The van der Waals surface area contributed by atoms with E-state index < -0.39 is 0 Å². The molecule has 1 saturated carbocycles. The molecule has 3 aromatic rings. The van der Waals surface area contributed by atoms with Crippen LogP contribution in [0.1, 0.15) is 43.4 Å². The van der Waals surface area contributed by atoms with Gasteiger partial charge in [-0.15, -0.1) is 0 Å². The zero-order chi connectivity index (χ0) is 22.2. The topological polar surface area (TPSA) is 120 Å². The van der Waals surface area contributed by atoms with Crippen LogP contribution in [0.25, 0.3) is 0 Å². The van der Waals surface area contributed by atoms with E-state index in [0.717, 1.165) is 30.2 Å². The van der Waals surface area contributed by atoms with Crippen molar-refractivity contribution in [1.29, 1.82) is 0 Å². The molecular weight excluding hydrogens is 404 g/mol. The van der Waals surface area contributed by atoms with E-state index in [1.54, 1.807) is 6.20 Å². The Labute approximate surface area is 187 Å². The van der Waals surface area contributed by atoms with Crippen molar-refractivity contribution < 1.29 is 4.79 Å². The van der Waals surface area contributed by atoms with E-state index in [4.69, 9.17) is 0 Å². The molecule has 5 N–H and O–H groups in total. The quantitative estimate of drug-likeness (QED) is 0.278. The lowest BCUT2D eigenvalue weighted by molar-refractivity contribution is -0.121. The molecule has 1 fully saturated rings. The van der Waals surface area contributed by atoms with Gasteiger partial charge in [0.1, 0.15) is 5.82 Å². The van der Waals surface area contributed by atoms with Crippen LogP contribution >= 0.6 is 0 Å². The van der Waals surface area contributed by atoms with Crippen molar-refractivity contribution >= 4 is 29.2 Å². The van der Waals surface area contributed by atoms with Gasteiger partial charge in [0.25, 0.3) is 0 Å². The number of nitrogens with zero attached hydrogens (tertiary/aromatic N) is 3. The van der Waals surface area contributed by atoms with Gasteiger partial charge in [0.05, 0.1) is 0 Å². The lowest BCUT2D eigenvalue weighted by Gasteiger charge is -2.08. The van der Waals surface area contributed by atoms with Crippen molar-refractivity contribution in [2.45, 2.75) is 38.5 Å². The molecule has 0 spiro atoms. The Morgan fingerprint density at radius 1 is 1.09 bits per heavy atom. The van der Waals surface area contributed by atoms with E-state index in [-0.39, 0.29) is 5.91 Å². The molecule has 1 aliphatic carbocycles. The summed E-state index contributed by atoms with van der Waals surface area (Å²) in [5, 5.41) is 19.9. The van der Waals surface area contributed by atoms with Gasteiger partial charge in [0, 0.05) is 49.1 Å². The molecule has 1 aromatic carbocycles. The van der Waals surface area contributed by atoms with E-state index in [9.17, 15) is 4.79 Å². The first-order valence-electron chi connectivity index (χ1n) is 11.2. The number of carbonyl (C=O) groups excluding carboxylic acids is 1. The third kappa shape index (κ3) is 6.52. The standard InChI is InChI=1S/C23H30N8O/c1-2-24-13-14-25-22(32)10-5-16-3-8-18(9-4-16)27-23-26-12-11-20(29-23)28-21-15-19(30-31-21)17-6-7-17/h3-4,8-9,11-12,15,17,24H,2,5-7,10,13-14H2,1H3,(H,25,32)(H3,26,27,28,29,30,31). The summed E-state index contributed by atoms with van der Waals surface area (Å²) in [7, 11) is 0. The van der Waals surface area contributed by atoms with Crippen LogP contribution in [0.3, 0.4) is 0 Å². The maximum atomic E-state index is 11.9. The zero-order valence-corrected chi connectivity index (χ0v) is 18.3. The van der Waals surface area contributed by atoms with E-state index in [1.807, 2.05) is 43.3 Å². The van der Waals surface area contributed by atoms with E-state index in [1.165, 1.54) is 18.5 Å². The number of amides is 1. The molecule has 168 valence electrons. The SMILES string of the molecule is CCNCCNC(=O)CCc1ccc(Nc2nccc(Nc3cc(C4CC4)[nH]n3)n2)cc1. The summed E-state index contributed by atoms with van der Waals surface area (Å²) in [5.41, 5.74) is 3.17. The highest BCUT2D eigenvalue weighted by Crippen LogP contribution is 2.39. The average molecular weight is 435 g/mol. The Hall–Kier alpha value is -3.46. The number of carbonyl (C=O) groups is 1. The predicted molar refractivity (Wildman–Crippen MR) is 125 cm³/mol. The number of hydrogen-bond donors (Lipinski definition) is 5. The number of anilines is 4. The predicted octanol–water partition coefficient (Wildman–Crippen LogP) is 3.22. The van der Waals surface area contributed by atoms with E-state index >= 15 is 0 Å². The summed E-state index contributed by atoms with van der Waals surface area (Å²) in [4.78, 5) is 20.7. The fourth-order valence-corrected chi connectivity index (χ4v) is 3.32. The average Bonchev–Trinajstić information content (AvgIpc) is 3.56. The number of nitrogens with one attached hydrogen (secondary N) is 5. The zero-order valence-electron chi connectivity index (χ0n) is 18.3. The molecule has 2 aromatic heterocycles. The van der Waals surface area contributed by atoms with E-state index in [2.05, 4.69) is 41.4 Å². The molecule has 1 amide bonds. The van der Waals surface area contributed by atoms with Crippen molar-refractivity contribution in [2.24, 2.45) is 0 Å². The third-order valence-electron chi connectivity index (χ3n) is 5.25. The Balaban J connectivity index is 1.25. The number of likely N-dealkylation sites (N-methyl/N-ethyl adjacent to an activating group) is 1. The van der Waals surface area contributed by atoms with Gasteiger partial charge in [-0.05, 0) is 49.6 Å². The first-order valence-corrected chi connectivity index (χ1v) is 11.2. The van der Waals surface area contributed by atoms with Crippen LogP contribution in [0.4, 0.5) is 23.3 Å². The van der Waals surface area contributed by atoms with Crippen molar-refractivity contribution in [3.8, 4) is 0 Å². The van der Waals surface area contributed by atoms with Crippen LogP contribution in [-0.2, 0) is 11.2 Å². The number of aromatic amines is 1. The third-order valence-corrected chi connectivity index (χ3v) is 5.25. The molecule has 1 aliphatic rings. The molecule has 0 aliphatic heterocycles. The fourth-order valence-electron chi connectivity index (χ4n) is 3.32. The van der Waals surface area contributed by atoms with Gasteiger partial charge in [-0.2, -0.15) is 10.1 Å². The van der Waals surface area contributed by atoms with Crippen molar-refractivity contribution in [3.63, 3.8) is 0 Å². The molecule has 0 saturated heterocycles. The van der Waals surface area contributed by atoms with E-state index in [0.29, 0.717) is 37.1 Å². The van der Waals surface area contributed by atoms with Gasteiger partial charge in [0.15, 0.2) is 5.82 Å². The van der Waals surface area contributed by atoms with Gasteiger partial charge in [0.2, 0.25) is 11.9 Å². The summed E-state index contributed by atoms with van der Waals surface area (Å²) in [5.74, 6) is 2.63. The minimum atomic E-state index is 0.0731. The number of hydrogen-bond acceptors (Lipinski definition) is 7. The normalized spacial score (nSPS) is 13.0. The van der Waals surface area contributed by atoms with Gasteiger partial charge in [-0.3, -0.25) is 9.89 Å². The molecule has 0 radical (unpaired) electrons. The Bertz CT molecular complexity index is 1010. The van der Waals surface area contributed by atoms with Gasteiger partial charge >= 0.3 is 0 Å². The molecule has 0 bridgehead atoms. The number of H-pyrrole nitrogens is 1. The fraction of sp³-hybridized carbons (Fsp3) is 0.391. The molecule has 9 nitrogen and oxygen atoms in total. The van der Waals surface area contributed by atoms with Crippen LogP contribution in [0.15, 0.2) is 42.6 Å². The van der Waals surface area contributed by atoms with Crippen molar-refractivity contribution in [3.05, 3.63) is 53.9 Å². The van der Waals surface area contributed by atoms with Crippen molar-refractivity contribution in [2.75, 3.05) is 30.3 Å². The molecule has 0 atom stereocenters. The molecule has 9 heteroatoms. The number of rotatable bonds is 12.